The monoisotopic (exact) mass is 410 g/mol. The molecule has 0 aliphatic carbocycles. The van der Waals surface area contributed by atoms with Gasteiger partial charge in [-0.1, -0.05) is 41.0 Å². The molecule has 0 aliphatic rings. The number of carbonyl (C=O) groups excluding carboxylic acids is 1. The van der Waals surface area contributed by atoms with Crippen molar-refractivity contribution in [3.8, 4) is 5.75 Å². The molecule has 2 aromatic rings. The summed E-state index contributed by atoms with van der Waals surface area (Å²) in [6, 6.07) is 10.5. The standard InChI is InChI=1S/C20H24BrNO3/c1-3-15-5-8-17(22-14-15)11-12-25-18-9-6-16(7-10-18)13-19(21)20(23)24-4-2/h5-10,14,19H,3-4,11-13H2,1-2H3/i1D3,3D2. The first-order chi connectivity index (χ1) is 14.0. The Morgan fingerprint density at radius 2 is 2.04 bits per heavy atom. The van der Waals surface area contributed by atoms with Crippen molar-refractivity contribution in [2.75, 3.05) is 13.2 Å². The maximum absolute atomic E-state index is 11.7. The zero-order valence-corrected chi connectivity index (χ0v) is 15.6. The fraction of sp³-hybridized carbons (Fsp3) is 0.400. The molecule has 0 amide bonds. The van der Waals surface area contributed by atoms with Crippen LogP contribution in [0.3, 0.4) is 0 Å². The lowest BCUT2D eigenvalue weighted by atomic mass is 10.1. The molecule has 1 aromatic heterocycles. The highest BCUT2D eigenvalue weighted by molar-refractivity contribution is 9.10. The number of pyridine rings is 1. The molecule has 1 unspecified atom stereocenters. The number of aromatic nitrogens is 1. The Bertz CT molecular complexity index is 826. The summed E-state index contributed by atoms with van der Waals surface area (Å²) < 4.78 is 48.1. The number of aryl methyl sites for hydroxylation is 1. The van der Waals surface area contributed by atoms with Gasteiger partial charge in [0.1, 0.15) is 10.6 Å². The van der Waals surface area contributed by atoms with Gasteiger partial charge >= 0.3 is 5.97 Å². The van der Waals surface area contributed by atoms with E-state index in [-0.39, 0.29) is 11.5 Å². The summed E-state index contributed by atoms with van der Waals surface area (Å²) in [5.74, 6) is 0.389. The molecule has 1 atom stereocenters. The summed E-state index contributed by atoms with van der Waals surface area (Å²) >= 11 is 3.33. The summed E-state index contributed by atoms with van der Waals surface area (Å²) in [6.45, 7) is -0.279. The molecule has 25 heavy (non-hydrogen) atoms. The predicted molar refractivity (Wildman–Crippen MR) is 102 cm³/mol. The number of hydrogen-bond acceptors (Lipinski definition) is 4. The van der Waals surface area contributed by atoms with E-state index < -0.39 is 18.1 Å². The Morgan fingerprint density at radius 1 is 1.28 bits per heavy atom. The third kappa shape index (κ3) is 6.50. The van der Waals surface area contributed by atoms with Crippen LogP contribution >= 0.6 is 15.9 Å². The highest BCUT2D eigenvalue weighted by Crippen LogP contribution is 2.17. The van der Waals surface area contributed by atoms with Crippen LogP contribution in [0.15, 0.2) is 42.6 Å². The van der Waals surface area contributed by atoms with Crippen LogP contribution in [0.2, 0.25) is 0 Å². The number of rotatable bonds is 9. The van der Waals surface area contributed by atoms with E-state index in [1.54, 1.807) is 13.0 Å². The van der Waals surface area contributed by atoms with E-state index >= 15 is 0 Å². The van der Waals surface area contributed by atoms with Crippen molar-refractivity contribution < 1.29 is 21.1 Å². The van der Waals surface area contributed by atoms with Gasteiger partial charge in [0.2, 0.25) is 0 Å². The lowest BCUT2D eigenvalue weighted by Gasteiger charge is -2.10. The second-order valence-electron chi connectivity index (χ2n) is 5.33. The van der Waals surface area contributed by atoms with E-state index in [9.17, 15) is 4.79 Å². The van der Waals surface area contributed by atoms with Crippen LogP contribution in [0.1, 0.15) is 37.5 Å². The van der Waals surface area contributed by atoms with Crippen LogP contribution in [-0.2, 0) is 28.7 Å². The number of benzene rings is 1. The van der Waals surface area contributed by atoms with E-state index in [0.29, 0.717) is 37.5 Å². The maximum Gasteiger partial charge on any atom is 0.320 e. The van der Waals surface area contributed by atoms with Crippen molar-refractivity contribution in [1.29, 1.82) is 0 Å². The minimum Gasteiger partial charge on any atom is -0.493 e. The van der Waals surface area contributed by atoms with E-state index in [1.807, 2.05) is 24.3 Å². The fourth-order valence-corrected chi connectivity index (χ4v) is 2.67. The Balaban J connectivity index is 1.85. The van der Waals surface area contributed by atoms with Gasteiger partial charge in [0.05, 0.1) is 13.2 Å². The SMILES string of the molecule is [2H]C([2H])([2H])C([2H])([2H])c1ccc(CCOc2ccc(CC(Br)C(=O)OCC)cc2)nc1. The van der Waals surface area contributed by atoms with E-state index in [2.05, 4.69) is 20.9 Å². The zero-order chi connectivity index (χ0) is 22.4. The van der Waals surface area contributed by atoms with Gasteiger partial charge in [0.25, 0.3) is 0 Å². The first-order valence-electron chi connectivity index (χ1n) is 10.5. The Labute approximate surface area is 164 Å². The van der Waals surface area contributed by atoms with Crippen molar-refractivity contribution in [2.45, 2.75) is 37.8 Å². The maximum atomic E-state index is 11.7. The summed E-state index contributed by atoms with van der Waals surface area (Å²) in [7, 11) is 0. The van der Waals surface area contributed by atoms with Gasteiger partial charge in [-0.2, -0.15) is 0 Å². The molecule has 0 radical (unpaired) electrons. The molecule has 0 spiro atoms. The van der Waals surface area contributed by atoms with Crippen molar-refractivity contribution >= 4 is 21.9 Å². The lowest BCUT2D eigenvalue weighted by Crippen LogP contribution is -2.19. The Hall–Kier alpha value is -1.88. The molecule has 0 saturated carbocycles. The summed E-state index contributed by atoms with van der Waals surface area (Å²) in [5.41, 5.74) is 1.67. The van der Waals surface area contributed by atoms with Crippen molar-refractivity contribution in [2.24, 2.45) is 0 Å². The minimum atomic E-state index is -2.75. The highest BCUT2D eigenvalue weighted by atomic mass is 79.9. The third-order valence-corrected chi connectivity index (χ3v) is 4.17. The van der Waals surface area contributed by atoms with Crippen molar-refractivity contribution in [1.82, 2.24) is 4.98 Å². The van der Waals surface area contributed by atoms with Crippen LogP contribution in [0.25, 0.3) is 0 Å². The Morgan fingerprint density at radius 3 is 2.68 bits per heavy atom. The molecule has 0 saturated heterocycles. The van der Waals surface area contributed by atoms with Crippen LogP contribution in [-0.4, -0.2) is 29.0 Å². The molecular weight excluding hydrogens is 382 g/mol. The number of hydrogen-bond donors (Lipinski definition) is 0. The van der Waals surface area contributed by atoms with Crippen LogP contribution < -0.4 is 4.74 Å². The second kappa shape index (κ2) is 10.2. The van der Waals surface area contributed by atoms with Gasteiger partial charge in [-0.3, -0.25) is 9.78 Å². The molecule has 134 valence electrons. The molecule has 0 N–H and O–H groups in total. The molecule has 4 nitrogen and oxygen atoms in total. The van der Waals surface area contributed by atoms with Crippen LogP contribution in [0.5, 0.6) is 5.75 Å². The number of nitrogens with zero attached hydrogens (tertiary/aromatic N) is 1. The van der Waals surface area contributed by atoms with Gasteiger partial charge < -0.3 is 9.47 Å². The molecule has 1 aromatic carbocycles. The van der Waals surface area contributed by atoms with Gasteiger partial charge in [-0.15, -0.1) is 0 Å². The minimum absolute atomic E-state index is 0.0238. The molecule has 5 heteroatoms. The Kier molecular flexibility index (Phi) is 5.44. The van der Waals surface area contributed by atoms with Crippen molar-refractivity contribution in [3.63, 3.8) is 0 Å². The van der Waals surface area contributed by atoms with E-state index in [4.69, 9.17) is 16.3 Å². The smallest absolute Gasteiger partial charge is 0.320 e. The predicted octanol–water partition coefficient (Wildman–Crippen LogP) is 4.13. The highest BCUT2D eigenvalue weighted by Gasteiger charge is 2.16. The molecular formula is C20H24BrNO3. The van der Waals surface area contributed by atoms with E-state index in [1.165, 1.54) is 12.3 Å². The number of ether oxygens (including phenoxy) is 2. The first-order valence-corrected chi connectivity index (χ1v) is 8.94. The number of esters is 1. The van der Waals surface area contributed by atoms with Gasteiger partial charge in [0, 0.05) is 25.2 Å². The normalized spacial score (nSPS) is 15.8. The second-order valence-corrected chi connectivity index (χ2v) is 6.43. The van der Waals surface area contributed by atoms with E-state index in [0.717, 1.165) is 5.56 Å². The fourth-order valence-electron chi connectivity index (χ4n) is 2.16. The summed E-state index contributed by atoms with van der Waals surface area (Å²) in [6.07, 6.45) is -0.181. The first kappa shape index (κ1) is 13.3. The quantitative estimate of drug-likeness (QED) is 0.460. The molecule has 1 heterocycles. The largest absolute Gasteiger partial charge is 0.493 e. The number of alkyl halides is 1. The average Bonchev–Trinajstić information content (AvgIpc) is 2.69. The molecule has 0 bridgehead atoms. The summed E-state index contributed by atoms with van der Waals surface area (Å²) in [4.78, 5) is 15.4. The topological polar surface area (TPSA) is 48.4 Å². The van der Waals surface area contributed by atoms with Gasteiger partial charge in [-0.05, 0) is 49.0 Å². The zero-order valence-electron chi connectivity index (χ0n) is 19.0. The van der Waals surface area contributed by atoms with Crippen LogP contribution in [0, 0.1) is 0 Å². The number of halogens is 1. The average molecular weight is 411 g/mol. The lowest BCUT2D eigenvalue weighted by molar-refractivity contribution is -0.142. The molecule has 2 rings (SSSR count). The van der Waals surface area contributed by atoms with Crippen LogP contribution in [0.4, 0.5) is 0 Å². The molecule has 0 fully saturated rings. The van der Waals surface area contributed by atoms with Gasteiger partial charge in [0.15, 0.2) is 0 Å². The summed E-state index contributed by atoms with van der Waals surface area (Å²) in [5, 5.41) is 0. The number of carbonyl (C=O) groups is 1. The van der Waals surface area contributed by atoms with Gasteiger partial charge in [-0.25, -0.2) is 0 Å². The third-order valence-electron chi connectivity index (χ3n) is 3.48. The van der Waals surface area contributed by atoms with Crippen molar-refractivity contribution in [3.05, 3.63) is 59.4 Å². The molecule has 0 aliphatic heterocycles.